The number of benzene rings is 1. The van der Waals surface area contributed by atoms with Crippen LogP contribution in [0.5, 0.6) is 0 Å². The summed E-state index contributed by atoms with van der Waals surface area (Å²) in [5, 5.41) is 6.33. The second-order valence-electron chi connectivity index (χ2n) is 5.71. The molecule has 0 unspecified atom stereocenters. The lowest BCUT2D eigenvalue weighted by Gasteiger charge is -2.34. The predicted molar refractivity (Wildman–Crippen MR) is 94.8 cm³/mol. The van der Waals surface area contributed by atoms with Crippen LogP contribution in [0.2, 0.25) is 5.02 Å². The van der Waals surface area contributed by atoms with Gasteiger partial charge in [0.05, 0.1) is 26.2 Å². The van der Waals surface area contributed by atoms with Gasteiger partial charge in [0.1, 0.15) is 5.01 Å². The van der Waals surface area contributed by atoms with Gasteiger partial charge in [0.25, 0.3) is 0 Å². The smallest absolute Gasteiger partial charge is 0.184 e. The van der Waals surface area contributed by atoms with Gasteiger partial charge in [0.2, 0.25) is 0 Å². The van der Waals surface area contributed by atoms with Crippen LogP contribution in [-0.4, -0.2) is 36.0 Å². The minimum Gasteiger partial charge on any atom is -0.360 e. The number of rotatable bonds is 3. The fourth-order valence-electron chi connectivity index (χ4n) is 2.87. The zero-order valence-electron chi connectivity index (χ0n) is 12.8. The number of anilines is 1. The van der Waals surface area contributed by atoms with Crippen molar-refractivity contribution in [2.45, 2.75) is 20.5 Å². The maximum Gasteiger partial charge on any atom is 0.184 e. The van der Waals surface area contributed by atoms with Crippen molar-refractivity contribution in [1.29, 1.82) is 0 Å². The number of nitrogens with zero attached hydrogens (tertiary/aromatic N) is 3. The molecule has 118 valence electrons. The first-order chi connectivity index (χ1) is 10.5. The van der Waals surface area contributed by atoms with Crippen LogP contribution in [0, 0.1) is 17.8 Å². The third-order valence-corrected chi connectivity index (χ3v) is 5.52. The van der Waals surface area contributed by atoms with E-state index in [1.807, 2.05) is 17.7 Å². The Morgan fingerprint density at radius 1 is 1.32 bits per heavy atom. The van der Waals surface area contributed by atoms with Crippen molar-refractivity contribution < 1.29 is 4.90 Å². The summed E-state index contributed by atoms with van der Waals surface area (Å²) in [6.45, 7) is 9.26. The summed E-state index contributed by atoms with van der Waals surface area (Å²) in [6, 6.07) is 6.12. The van der Waals surface area contributed by atoms with Crippen molar-refractivity contribution >= 4 is 40.8 Å². The Morgan fingerprint density at radius 3 is 2.68 bits per heavy atom. The Hall–Kier alpha value is -0.950. The van der Waals surface area contributed by atoms with E-state index >= 15 is 0 Å². The maximum atomic E-state index is 6.14. The lowest BCUT2D eigenvalue weighted by molar-refractivity contribution is -0.924. The Bertz CT molecular complexity index is 717. The van der Waals surface area contributed by atoms with Gasteiger partial charge in [-0.05, 0) is 43.8 Å². The molecule has 0 aliphatic carbocycles. The lowest BCUT2D eigenvalue weighted by atomic mass is 10.1. The quantitative estimate of drug-likeness (QED) is 0.855. The van der Waals surface area contributed by atoms with E-state index in [1.165, 1.54) is 16.2 Å². The molecule has 22 heavy (non-hydrogen) atoms. The molecule has 1 aliphatic heterocycles. The molecule has 0 spiro atoms. The van der Waals surface area contributed by atoms with E-state index in [9.17, 15) is 0 Å². The number of nitrogens with one attached hydrogen (secondary N) is 1. The first-order valence-corrected chi connectivity index (χ1v) is 9.02. The van der Waals surface area contributed by atoms with Crippen molar-refractivity contribution in [1.82, 2.24) is 9.78 Å². The summed E-state index contributed by atoms with van der Waals surface area (Å²) in [6.07, 6.45) is 0. The average Bonchev–Trinajstić information content (AvgIpc) is 2.80. The fraction of sp³-hybridized carbons (Fsp3) is 0.467. The second-order valence-corrected chi connectivity index (χ2v) is 7.98. The van der Waals surface area contributed by atoms with Crippen LogP contribution < -0.4 is 9.80 Å². The molecule has 3 rings (SSSR count). The topological polar surface area (TPSA) is 25.5 Å². The number of halogens is 1. The van der Waals surface area contributed by atoms with Crippen molar-refractivity contribution in [2.24, 2.45) is 0 Å². The molecule has 7 heteroatoms. The highest BCUT2D eigenvalue weighted by molar-refractivity contribution is 7.73. The van der Waals surface area contributed by atoms with Gasteiger partial charge in [-0.2, -0.15) is 9.78 Å². The number of aryl methyl sites for hydroxylation is 2. The third kappa shape index (κ3) is 3.51. The van der Waals surface area contributed by atoms with E-state index in [4.69, 9.17) is 23.8 Å². The largest absolute Gasteiger partial charge is 0.360 e. The molecule has 0 bridgehead atoms. The van der Waals surface area contributed by atoms with Gasteiger partial charge < -0.3 is 9.80 Å². The molecule has 0 saturated carbocycles. The van der Waals surface area contributed by atoms with Gasteiger partial charge in [0, 0.05) is 10.7 Å². The van der Waals surface area contributed by atoms with E-state index in [2.05, 4.69) is 29.1 Å². The normalized spacial score (nSPS) is 16.2. The van der Waals surface area contributed by atoms with E-state index in [1.54, 1.807) is 11.3 Å². The van der Waals surface area contributed by atoms with Gasteiger partial charge in [-0.15, -0.1) is 0 Å². The number of hydrogen-bond acceptors (Lipinski definition) is 4. The van der Waals surface area contributed by atoms with Gasteiger partial charge in [-0.3, -0.25) is 0 Å². The SMILES string of the molecule is Cc1nn(C[NH+]2CCN(c3cc(Cl)ccc3C)CC2)c(=S)s1. The van der Waals surface area contributed by atoms with E-state index in [-0.39, 0.29) is 0 Å². The molecular formula is C15H20ClN4S2+. The molecule has 1 aromatic heterocycles. The molecule has 4 nitrogen and oxygen atoms in total. The molecule has 1 N–H and O–H groups in total. The van der Waals surface area contributed by atoms with E-state index in [0.717, 1.165) is 46.8 Å². The zero-order chi connectivity index (χ0) is 15.7. The molecule has 2 heterocycles. The predicted octanol–water partition coefficient (Wildman–Crippen LogP) is 2.31. The van der Waals surface area contributed by atoms with E-state index in [0.29, 0.717) is 0 Å². The lowest BCUT2D eigenvalue weighted by Crippen LogP contribution is -3.14. The van der Waals surface area contributed by atoms with Gasteiger partial charge in [-0.25, -0.2) is 0 Å². The molecule has 1 aliphatic rings. The number of hydrogen-bond donors (Lipinski definition) is 1. The monoisotopic (exact) mass is 355 g/mol. The maximum absolute atomic E-state index is 6.14. The summed E-state index contributed by atoms with van der Waals surface area (Å²) in [5.41, 5.74) is 2.54. The van der Waals surface area contributed by atoms with Crippen LogP contribution >= 0.6 is 35.2 Å². The molecule has 0 radical (unpaired) electrons. The Kier molecular flexibility index (Phi) is 4.82. The summed E-state index contributed by atoms with van der Waals surface area (Å²) in [7, 11) is 0. The fourth-order valence-corrected chi connectivity index (χ4v) is 4.10. The molecule has 2 aromatic rings. The van der Waals surface area contributed by atoms with Crippen LogP contribution in [0.1, 0.15) is 10.6 Å². The second kappa shape index (κ2) is 6.66. The highest BCUT2D eigenvalue weighted by Crippen LogP contribution is 2.24. The minimum absolute atomic E-state index is 0.805. The molecule has 0 atom stereocenters. The Balaban J connectivity index is 1.64. The first kappa shape index (κ1) is 15.9. The highest BCUT2D eigenvalue weighted by atomic mass is 35.5. The van der Waals surface area contributed by atoms with Crippen LogP contribution in [0.25, 0.3) is 0 Å². The number of piperazine rings is 1. The first-order valence-electron chi connectivity index (χ1n) is 7.42. The van der Waals surface area contributed by atoms with E-state index < -0.39 is 0 Å². The van der Waals surface area contributed by atoms with Crippen LogP contribution in [0.3, 0.4) is 0 Å². The highest BCUT2D eigenvalue weighted by Gasteiger charge is 2.22. The van der Waals surface area contributed by atoms with Gasteiger partial charge in [-0.1, -0.05) is 29.0 Å². The zero-order valence-corrected chi connectivity index (χ0v) is 15.2. The third-order valence-electron chi connectivity index (χ3n) is 4.06. The van der Waals surface area contributed by atoms with Crippen molar-refractivity contribution in [2.75, 3.05) is 31.1 Å². The average molecular weight is 356 g/mol. The number of quaternary nitrogens is 1. The van der Waals surface area contributed by atoms with Gasteiger partial charge >= 0.3 is 0 Å². The van der Waals surface area contributed by atoms with Crippen molar-refractivity contribution in [3.63, 3.8) is 0 Å². The minimum atomic E-state index is 0.805. The standard InChI is InChI=1S/C15H19ClN4S2/c1-11-3-4-13(16)9-14(11)19-7-5-18(6-8-19)10-20-15(21)22-12(2)17-20/h3-4,9H,5-8,10H2,1-2H3/p+1. The summed E-state index contributed by atoms with van der Waals surface area (Å²) in [5.74, 6) is 0. The van der Waals surface area contributed by atoms with Gasteiger partial charge in [0.15, 0.2) is 10.6 Å². The summed E-state index contributed by atoms with van der Waals surface area (Å²) >= 11 is 13.1. The Labute approximate surface area is 144 Å². The Morgan fingerprint density at radius 2 is 2.05 bits per heavy atom. The molecule has 1 fully saturated rings. The number of aromatic nitrogens is 2. The summed E-state index contributed by atoms with van der Waals surface area (Å²) < 4.78 is 2.84. The van der Waals surface area contributed by atoms with Crippen LogP contribution in [0.4, 0.5) is 5.69 Å². The summed E-state index contributed by atoms with van der Waals surface area (Å²) in [4.78, 5) is 3.95. The van der Waals surface area contributed by atoms with Crippen molar-refractivity contribution in [3.05, 3.63) is 37.7 Å². The molecule has 0 amide bonds. The molecular weight excluding hydrogens is 336 g/mol. The van der Waals surface area contributed by atoms with Crippen molar-refractivity contribution in [3.8, 4) is 0 Å². The van der Waals surface area contributed by atoms with Crippen LogP contribution in [-0.2, 0) is 6.67 Å². The molecule has 1 saturated heterocycles. The molecule has 1 aromatic carbocycles. The van der Waals surface area contributed by atoms with Crippen LogP contribution in [0.15, 0.2) is 18.2 Å².